The Morgan fingerprint density at radius 2 is 1.90 bits per heavy atom. The molecule has 2 aromatic rings. The molecule has 6 nitrogen and oxygen atoms in total. The number of benzene rings is 2. The van der Waals surface area contributed by atoms with Crippen molar-refractivity contribution in [1.29, 1.82) is 0 Å². The minimum absolute atomic E-state index is 0.291. The molecule has 0 radical (unpaired) electrons. The zero-order valence-corrected chi connectivity index (χ0v) is 18.3. The molecule has 0 amide bonds. The number of hydrogen-bond acceptors (Lipinski definition) is 5. The Balaban J connectivity index is 2.04. The van der Waals surface area contributed by atoms with Crippen molar-refractivity contribution in [3.05, 3.63) is 53.3 Å². The summed E-state index contributed by atoms with van der Waals surface area (Å²) in [6, 6.07) is 13.9. The lowest BCUT2D eigenvalue weighted by molar-refractivity contribution is 0.190. The maximum atomic E-state index is 12.9. The lowest BCUT2D eigenvalue weighted by atomic mass is 10.0. The van der Waals surface area contributed by atoms with Gasteiger partial charge in [-0.2, -0.15) is 0 Å². The fourth-order valence-corrected chi connectivity index (χ4v) is 4.51. The first kappa shape index (κ1) is 21.4. The summed E-state index contributed by atoms with van der Waals surface area (Å²) in [5.74, 6) is 0.798. The van der Waals surface area contributed by atoms with Crippen LogP contribution in [-0.2, 0) is 9.09 Å². The van der Waals surface area contributed by atoms with Gasteiger partial charge in [0.25, 0.3) is 0 Å². The maximum absolute atomic E-state index is 12.9. The lowest BCUT2D eigenvalue weighted by Gasteiger charge is -2.21. The van der Waals surface area contributed by atoms with Crippen LogP contribution in [0.1, 0.15) is 32.8 Å². The predicted molar refractivity (Wildman–Crippen MR) is 118 cm³/mol. The molecule has 3 rings (SSSR count). The number of fused-ring (bicyclic) bond motifs is 1. The Kier molecular flexibility index (Phi) is 6.68. The minimum Gasteiger partial charge on any atom is -0.497 e. The molecule has 0 aliphatic carbocycles. The van der Waals surface area contributed by atoms with Crippen molar-refractivity contribution in [3.8, 4) is 16.9 Å². The van der Waals surface area contributed by atoms with Crippen molar-refractivity contribution in [2.24, 2.45) is 0 Å². The molecule has 0 spiro atoms. The number of methoxy groups -OCH3 is 1. The molecule has 7 heteroatoms. The highest BCUT2D eigenvalue weighted by atomic mass is 31.2. The number of hydrogen-bond donors (Lipinski definition) is 3. The van der Waals surface area contributed by atoms with Crippen molar-refractivity contribution in [2.75, 3.05) is 25.5 Å². The molecule has 2 atom stereocenters. The van der Waals surface area contributed by atoms with Crippen LogP contribution in [0.25, 0.3) is 16.8 Å². The number of rotatable bonds is 6. The molecule has 0 bridgehead atoms. The zero-order chi connectivity index (χ0) is 21.0. The van der Waals surface area contributed by atoms with Gasteiger partial charge in [0.2, 0.25) is 0 Å². The van der Waals surface area contributed by atoms with E-state index in [0.717, 1.165) is 28.1 Å². The van der Waals surface area contributed by atoms with Gasteiger partial charge in [0, 0.05) is 24.3 Å². The van der Waals surface area contributed by atoms with Crippen LogP contribution in [0.2, 0.25) is 0 Å². The van der Waals surface area contributed by atoms with Crippen LogP contribution in [0.4, 0.5) is 5.69 Å². The highest BCUT2D eigenvalue weighted by molar-refractivity contribution is 7.57. The topological polar surface area (TPSA) is 79.8 Å². The summed E-state index contributed by atoms with van der Waals surface area (Å²) in [6.07, 6.45) is 0.378. The fraction of sp³-hybridized carbons (Fsp3) is 0.364. The van der Waals surface area contributed by atoms with Crippen molar-refractivity contribution < 1.29 is 18.7 Å². The van der Waals surface area contributed by atoms with Crippen LogP contribution >= 0.6 is 7.60 Å². The molecule has 0 saturated heterocycles. The van der Waals surface area contributed by atoms with Gasteiger partial charge in [-0.05, 0) is 49.6 Å². The van der Waals surface area contributed by atoms with Gasteiger partial charge < -0.3 is 24.8 Å². The monoisotopic (exact) mass is 416 g/mol. The molecule has 0 saturated carbocycles. The van der Waals surface area contributed by atoms with Gasteiger partial charge in [0.1, 0.15) is 5.75 Å². The number of allylic oxidation sites excluding steroid dienone is 1. The van der Waals surface area contributed by atoms with E-state index in [1.807, 2.05) is 43.3 Å². The van der Waals surface area contributed by atoms with Crippen LogP contribution in [0.15, 0.2) is 47.8 Å². The van der Waals surface area contributed by atoms with E-state index >= 15 is 0 Å². The van der Waals surface area contributed by atoms with E-state index in [-0.39, 0.29) is 6.10 Å². The third-order valence-corrected chi connectivity index (χ3v) is 6.83. The quantitative estimate of drug-likeness (QED) is 0.571. The predicted octanol–water partition coefficient (Wildman–Crippen LogP) is 5.07. The van der Waals surface area contributed by atoms with E-state index in [1.54, 1.807) is 21.0 Å². The summed E-state index contributed by atoms with van der Waals surface area (Å²) in [5.41, 5.74) is 4.50. The Morgan fingerprint density at radius 1 is 1.17 bits per heavy atom. The normalized spacial score (nSPS) is 18.4. The van der Waals surface area contributed by atoms with Crippen LogP contribution in [0, 0.1) is 0 Å². The van der Waals surface area contributed by atoms with E-state index in [1.165, 1.54) is 0 Å². The van der Waals surface area contributed by atoms with Crippen LogP contribution in [0.5, 0.6) is 5.75 Å². The van der Waals surface area contributed by atoms with Gasteiger partial charge in [-0.3, -0.25) is 4.57 Å². The molecule has 1 heterocycles. The van der Waals surface area contributed by atoms with E-state index < -0.39 is 7.60 Å². The summed E-state index contributed by atoms with van der Waals surface area (Å²) < 4.78 is 23.6. The largest absolute Gasteiger partial charge is 0.497 e. The number of nitrogens with one attached hydrogen (secondary N) is 2. The second kappa shape index (κ2) is 9.04. The van der Waals surface area contributed by atoms with E-state index in [4.69, 9.17) is 9.26 Å². The smallest absolute Gasteiger partial charge is 0.356 e. The Labute approximate surface area is 172 Å². The van der Waals surface area contributed by atoms with Gasteiger partial charge in [0.15, 0.2) is 0 Å². The molecule has 0 fully saturated rings. The first-order valence-corrected chi connectivity index (χ1v) is 11.4. The molecule has 1 aliphatic heterocycles. The molecule has 156 valence electrons. The Hall–Kier alpha value is -2.27. The molecular weight excluding hydrogens is 387 g/mol. The van der Waals surface area contributed by atoms with Gasteiger partial charge in [-0.15, -0.1) is 0 Å². The summed E-state index contributed by atoms with van der Waals surface area (Å²) in [5, 5.41) is 7.04. The lowest BCUT2D eigenvalue weighted by Crippen LogP contribution is -2.18. The standard InChI is InChI=1S/C22H29N2O4P/c1-5-15(2)28-29(25,26)16(3)22-20-10-9-18(14-21(20)23-11-12-24-22)17-7-6-8-19(13-17)27-4/h6-10,13-15,23-24H,5,11-12H2,1-4H3,(H,25,26). The van der Waals surface area contributed by atoms with Crippen molar-refractivity contribution >= 4 is 19.0 Å². The number of anilines is 1. The van der Waals surface area contributed by atoms with Crippen molar-refractivity contribution in [3.63, 3.8) is 0 Å². The van der Waals surface area contributed by atoms with Gasteiger partial charge in [-0.1, -0.05) is 31.2 Å². The van der Waals surface area contributed by atoms with E-state index in [0.29, 0.717) is 30.5 Å². The first-order valence-electron chi connectivity index (χ1n) is 9.85. The van der Waals surface area contributed by atoms with Crippen LogP contribution in [-0.4, -0.2) is 31.2 Å². The van der Waals surface area contributed by atoms with E-state index in [9.17, 15) is 9.46 Å². The second-order valence-corrected chi connectivity index (χ2v) is 9.07. The molecule has 29 heavy (non-hydrogen) atoms. The Morgan fingerprint density at radius 3 is 2.62 bits per heavy atom. The average Bonchev–Trinajstić information content (AvgIpc) is 2.94. The molecular formula is C22H29N2O4P. The highest BCUT2D eigenvalue weighted by Crippen LogP contribution is 2.54. The first-order chi connectivity index (χ1) is 13.9. The zero-order valence-electron chi connectivity index (χ0n) is 17.4. The number of ether oxygens (including phenoxy) is 1. The molecule has 2 unspecified atom stereocenters. The summed E-state index contributed by atoms with van der Waals surface area (Å²) in [7, 11) is -2.26. The third-order valence-electron chi connectivity index (χ3n) is 5.12. The SMILES string of the molecule is CCC(C)OP(=O)(O)C(C)=C1NCCNc2cc(-c3cccc(OC)c3)ccc21. The molecule has 1 aliphatic rings. The van der Waals surface area contributed by atoms with Crippen LogP contribution in [0.3, 0.4) is 0 Å². The van der Waals surface area contributed by atoms with E-state index in [2.05, 4.69) is 16.7 Å². The van der Waals surface area contributed by atoms with Crippen molar-refractivity contribution in [1.82, 2.24) is 5.32 Å². The Bertz CT molecular complexity index is 958. The average molecular weight is 416 g/mol. The molecule has 0 aromatic heterocycles. The highest BCUT2D eigenvalue weighted by Gasteiger charge is 2.29. The minimum atomic E-state index is -3.91. The summed E-state index contributed by atoms with van der Waals surface area (Å²) in [6.45, 7) is 6.73. The van der Waals surface area contributed by atoms with Gasteiger partial charge in [0.05, 0.1) is 24.2 Å². The van der Waals surface area contributed by atoms with Crippen LogP contribution < -0.4 is 15.4 Å². The summed E-state index contributed by atoms with van der Waals surface area (Å²) >= 11 is 0. The molecule has 3 N–H and O–H groups in total. The maximum Gasteiger partial charge on any atom is 0.356 e. The van der Waals surface area contributed by atoms with Gasteiger partial charge in [-0.25, -0.2) is 0 Å². The fourth-order valence-electron chi connectivity index (χ4n) is 3.23. The second-order valence-electron chi connectivity index (χ2n) is 7.15. The third kappa shape index (κ3) is 4.84. The molecule has 2 aromatic carbocycles. The summed E-state index contributed by atoms with van der Waals surface area (Å²) in [4.78, 5) is 10.5. The van der Waals surface area contributed by atoms with Crippen molar-refractivity contribution in [2.45, 2.75) is 33.3 Å². The van der Waals surface area contributed by atoms with Gasteiger partial charge >= 0.3 is 7.60 Å².